The number of allylic oxidation sites excluding steroid dienone is 1. The molecule has 4 rings (SSSR count). The van der Waals surface area contributed by atoms with Crippen molar-refractivity contribution in [3.05, 3.63) is 18.5 Å². The molecular formula is C15H17F3N6O2. The van der Waals surface area contributed by atoms with Crippen molar-refractivity contribution < 1.29 is 23.4 Å². The molecule has 2 aromatic heterocycles. The minimum atomic E-state index is -4.71. The van der Waals surface area contributed by atoms with E-state index in [0.717, 1.165) is 0 Å². The van der Waals surface area contributed by atoms with Crippen molar-refractivity contribution in [3.63, 3.8) is 0 Å². The van der Waals surface area contributed by atoms with Gasteiger partial charge >= 0.3 is 6.18 Å². The second-order valence-corrected chi connectivity index (χ2v) is 6.75. The van der Waals surface area contributed by atoms with E-state index < -0.39 is 24.9 Å². The normalized spacial score (nSPS) is 25.0. The first-order valence-electron chi connectivity index (χ1n) is 8.05. The second-order valence-electron chi connectivity index (χ2n) is 6.75. The third-order valence-corrected chi connectivity index (χ3v) is 4.89. The van der Waals surface area contributed by atoms with Crippen LogP contribution in [0.2, 0.25) is 0 Å². The van der Waals surface area contributed by atoms with Crippen LogP contribution in [0, 0.1) is 5.92 Å². The van der Waals surface area contributed by atoms with E-state index >= 15 is 0 Å². The van der Waals surface area contributed by atoms with Crippen LogP contribution in [-0.2, 0) is 0 Å². The molecule has 0 bridgehead atoms. The van der Waals surface area contributed by atoms with E-state index in [1.165, 1.54) is 11.2 Å². The lowest BCUT2D eigenvalue weighted by atomic mass is 9.93. The van der Waals surface area contributed by atoms with E-state index in [-0.39, 0.29) is 30.3 Å². The summed E-state index contributed by atoms with van der Waals surface area (Å²) in [5.41, 5.74) is 3.71. The number of halogens is 3. The molecule has 0 unspecified atom stereocenters. The molecule has 2 aromatic rings. The fourth-order valence-corrected chi connectivity index (χ4v) is 3.39. The Hall–Kier alpha value is -2.40. The van der Waals surface area contributed by atoms with Gasteiger partial charge in [-0.2, -0.15) is 23.1 Å². The Morgan fingerprint density at radius 3 is 2.62 bits per heavy atom. The Morgan fingerprint density at radius 1 is 1.27 bits per heavy atom. The van der Waals surface area contributed by atoms with Crippen LogP contribution in [0.4, 0.5) is 24.9 Å². The van der Waals surface area contributed by atoms with Crippen molar-refractivity contribution in [2.24, 2.45) is 5.92 Å². The molecule has 0 saturated carbocycles. The number of hydrogen-bond donors (Lipinski definition) is 3. The summed E-state index contributed by atoms with van der Waals surface area (Å²) in [6, 6.07) is -0.0807. The van der Waals surface area contributed by atoms with Crippen LogP contribution in [0.15, 0.2) is 18.5 Å². The minimum Gasteiger partial charge on any atom is -0.396 e. The molecule has 1 fully saturated rings. The van der Waals surface area contributed by atoms with Crippen molar-refractivity contribution in [3.8, 4) is 0 Å². The molecule has 1 aliphatic heterocycles. The van der Waals surface area contributed by atoms with E-state index in [2.05, 4.69) is 15.0 Å². The topological polar surface area (TPSA) is 113 Å². The molecule has 11 heteroatoms. The zero-order valence-corrected chi connectivity index (χ0v) is 13.6. The highest BCUT2D eigenvalue weighted by molar-refractivity contribution is 5.85. The lowest BCUT2D eigenvalue weighted by molar-refractivity contribution is -0.267. The van der Waals surface area contributed by atoms with Crippen LogP contribution >= 0.6 is 0 Å². The molecular weight excluding hydrogens is 353 g/mol. The van der Waals surface area contributed by atoms with E-state index in [4.69, 9.17) is 5.73 Å². The van der Waals surface area contributed by atoms with Crippen LogP contribution in [0.5, 0.6) is 0 Å². The minimum absolute atomic E-state index is 0.0335. The Kier molecular flexibility index (Phi) is 3.63. The summed E-state index contributed by atoms with van der Waals surface area (Å²) < 4.78 is 40.4. The predicted molar refractivity (Wildman–Crippen MR) is 86.3 cm³/mol. The van der Waals surface area contributed by atoms with Crippen molar-refractivity contribution >= 4 is 22.9 Å². The van der Waals surface area contributed by atoms with Gasteiger partial charge in [0.15, 0.2) is 22.6 Å². The third-order valence-electron chi connectivity index (χ3n) is 4.89. The quantitative estimate of drug-likeness (QED) is 0.679. The van der Waals surface area contributed by atoms with Crippen LogP contribution in [0.1, 0.15) is 12.5 Å². The highest BCUT2D eigenvalue weighted by Gasteiger charge is 2.61. The average molecular weight is 370 g/mol. The first kappa shape index (κ1) is 17.0. The number of imidazole rings is 1. The van der Waals surface area contributed by atoms with Gasteiger partial charge < -0.3 is 25.4 Å². The van der Waals surface area contributed by atoms with E-state index in [1.807, 2.05) is 12.2 Å². The Bertz CT molecular complexity index is 874. The molecule has 26 heavy (non-hydrogen) atoms. The molecule has 4 N–H and O–H groups in total. The number of hydrogen-bond acceptors (Lipinski definition) is 7. The van der Waals surface area contributed by atoms with Crippen LogP contribution in [0.3, 0.4) is 0 Å². The van der Waals surface area contributed by atoms with Gasteiger partial charge in [0.2, 0.25) is 5.95 Å². The smallest absolute Gasteiger partial charge is 0.396 e. The molecule has 140 valence electrons. The maximum atomic E-state index is 12.9. The number of nitrogens with two attached hydrogens (primary N) is 1. The van der Waals surface area contributed by atoms with Gasteiger partial charge in [-0.25, -0.2) is 4.98 Å². The molecule has 8 nitrogen and oxygen atoms in total. The van der Waals surface area contributed by atoms with Crippen molar-refractivity contribution in [2.45, 2.75) is 24.2 Å². The molecule has 3 heterocycles. The number of fused-ring (bicyclic) bond motifs is 1. The van der Waals surface area contributed by atoms with E-state index in [0.29, 0.717) is 17.6 Å². The summed E-state index contributed by atoms with van der Waals surface area (Å²) in [6.07, 6.45) is 1.31. The lowest BCUT2D eigenvalue weighted by Gasteiger charge is -2.47. The third kappa shape index (κ3) is 2.50. The lowest BCUT2D eigenvalue weighted by Crippen LogP contribution is -2.69. The number of rotatable bonds is 3. The number of anilines is 2. The van der Waals surface area contributed by atoms with Crippen molar-refractivity contribution in [2.75, 3.05) is 30.3 Å². The van der Waals surface area contributed by atoms with Crippen LogP contribution in [-0.4, -0.2) is 61.2 Å². The standard InChI is InChI=1S/C15H17F3N6O2/c16-15(17,18)14(26)5-23(6-14)11-10-12(22-13(19)21-11)24(7-20-10)9-2-1-8(3-9)4-25/h1-2,7-9,25-26H,3-6H2,(H2,19,21,22)/t8-,9+/m1/s1. The molecule has 2 atom stereocenters. The number of aromatic nitrogens is 4. The first-order chi connectivity index (χ1) is 12.2. The summed E-state index contributed by atoms with van der Waals surface area (Å²) >= 11 is 0. The van der Waals surface area contributed by atoms with Gasteiger partial charge in [-0.15, -0.1) is 0 Å². The average Bonchev–Trinajstić information content (AvgIpc) is 3.15. The van der Waals surface area contributed by atoms with Crippen LogP contribution < -0.4 is 10.6 Å². The van der Waals surface area contributed by atoms with Gasteiger partial charge in [0, 0.05) is 12.5 Å². The zero-order valence-electron chi connectivity index (χ0n) is 13.6. The molecule has 0 amide bonds. The second kappa shape index (κ2) is 5.55. The predicted octanol–water partition coefficient (Wildman–Crippen LogP) is 0.631. The van der Waals surface area contributed by atoms with Gasteiger partial charge in [0.05, 0.1) is 25.5 Å². The fraction of sp³-hybridized carbons (Fsp3) is 0.533. The highest BCUT2D eigenvalue weighted by Crippen LogP contribution is 2.41. The Balaban J connectivity index is 1.67. The maximum absolute atomic E-state index is 12.9. The number of aliphatic hydroxyl groups is 2. The summed E-state index contributed by atoms with van der Waals surface area (Å²) in [4.78, 5) is 13.7. The maximum Gasteiger partial charge on any atom is 0.420 e. The Morgan fingerprint density at radius 2 is 2.00 bits per heavy atom. The first-order valence-corrected chi connectivity index (χ1v) is 8.05. The number of nitrogen functional groups attached to an aromatic ring is 1. The summed E-state index contributed by atoms with van der Waals surface area (Å²) in [5.74, 6) is 0.117. The van der Waals surface area contributed by atoms with Crippen molar-refractivity contribution in [1.29, 1.82) is 0 Å². The molecule has 1 aliphatic carbocycles. The number of alkyl halides is 3. The van der Waals surface area contributed by atoms with Gasteiger partial charge in [-0.05, 0) is 6.42 Å². The highest BCUT2D eigenvalue weighted by atomic mass is 19.4. The van der Waals surface area contributed by atoms with Gasteiger partial charge in [-0.3, -0.25) is 0 Å². The zero-order chi connectivity index (χ0) is 18.7. The van der Waals surface area contributed by atoms with E-state index in [9.17, 15) is 23.4 Å². The van der Waals surface area contributed by atoms with Crippen molar-refractivity contribution in [1.82, 2.24) is 19.5 Å². The fourth-order valence-electron chi connectivity index (χ4n) is 3.39. The molecule has 1 saturated heterocycles. The summed E-state index contributed by atoms with van der Waals surface area (Å²) in [7, 11) is 0. The molecule has 0 spiro atoms. The Labute approximate surface area is 145 Å². The molecule has 0 aromatic carbocycles. The molecule has 0 radical (unpaired) electrons. The summed E-state index contributed by atoms with van der Waals surface area (Å²) in [5, 5.41) is 18.9. The largest absolute Gasteiger partial charge is 0.420 e. The number of aliphatic hydroxyl groups excluding tert-OH is 1. The van der Waals surface area contributed by atoms with E-state index in [1.54, 1.807) is 4.57 Å². The SMILES string of the molecule is Nc1nc(N2CC(O)(C(F)(F)F)C2)c2ncn([C@H]3C=C[C@@H](CO)C3)c2n1. The number of β-amino-alcohol motifs (C(OH)–C–C–N with tert-alkyl or cyclic N) is 1. The summed E-state index contributed by atoms with van der Waals surface area (Å²) in [6.45, 7) is -1.23. The van der Waals surface area contributed by atoms with Gasteiger partial charge in [0.25, 0.3) is 0 Å². The number of nitrogens with zero attached hydrogens (tertiary/aromatic N) is 5. The molecule has 2 aliphatic rings. The van der Waals surface area contributed by atoms with Gasteiger partial charge in [0.1, 0.15) is 0 Å². The van der Waals surface area contributed by atoms with Crippen LogP contribution in [0.25, 0.3) is 11.2 Å². The van der Waals surface area contributed by atoms with Gasteiger partial charge in [-0.1, -0.05) is 12.2 Å². The monoisotopic (exact) mass is 370 g/mol.